The largest absolute Gasteiger partial charge is 0.385 e. The number of rotatable bonds is 3. The first kappa shape index (κ1) is 11.9. The van der Waals surface area contributed by atoms with Crippen LogP contribution < -0.4 is 5.73 Å². The molecule has 1 unspecified atom stereocenters. The fourth-order valence-corrected chi connectivity index (χ4v) is 5.27. The molecule has 0 spiro atoms. The van der Waals surface area contributed by atoms with Crippen LogP contribution in [0.1, 0.15) is 50.3 Å². The summed E-state index contributed by atoms with van der Waals surface area (Å²) >= 11 is 0. The smallest absolute Gasteiger partial charge is 0.110 e. The van der Waals surface area contributed by atoms with Gasteiger partial charge in [0.1, 0.15) is 6.10 Å². The van der Waals surface area contributed by atoms with Gasteiger partial charge in [-0.3, -0.25) is 0 Å². The molecular weight excluding hydrogens is 238 g/mol. The molecular formula is C15H23N3O. The third-order valence-electron chi connectivity index (χ3n) is 5.72. The topological polar surface area (TPSA) is 64.1 Å². The minimum Gasteiger partial charge on any atom is -0.385 e. The Kier molecular flexibility index (Phi) is 2.55. The summed E-state index contributed by atoms with van der Waals surface area (Å²) in [5.41, 5.74) is 6.55. The van der Waals surface area contributed by atoms with Gasteiger partial charge in [0.05, 0.1) is 12.0 Å². The number of nitrogens with two attached hydrogens (primary N) is 1. The molecule has 19 heavy (non-hydrogen) atoms. The highest BCUT2D eigenvalue weighted by Crippen LogP contribution is 2.58. The normalized spacial score (nSPS) is 41.7. The van der Waals surface area contributed by atoms with Gasteiger partial charge in [-0.05, 0) is 56.3 Å². The monoisotopic (exact) mass is 261 g/mol. The van der Waals surface area contributed by atoms with Gasteiger partial charge in [-0.1, -0.05) is 0 Å². The van der Waals surface area contributed by atoms with Crippen LogP contribution in [0.25, 0.3) is 0 Å². The van der Waals surface area contributed by atoms with Gasteiger partial charge in [0.15, 0.2) is 0 Å². The van der Waals surface area contributed by atoms with Crippen LogP contribution in [-0.2, 0) is 5.54 Å². The average molecular weight is 261 g/mol. The van der Waals surface area contributed by atoms with Crippen molar-refractivity contribution in [3.63, 3.8) is 0 Å². The van der Waals surface area contributed by atoms with Crippen LogP contribution >= 0.6 is 0 Å². The molecule has 1 aromatic heterocycles. The minimum absolute atomic E-state index is 0.248. The predicted octanol–water partition coefficient (Wildman–Crippen LogP) is 1.80. The van der Waals surface area contributed by atoms with Crippen LogP contribution in [0.3, 0.4) is 0 Å². The Balaban J connectivity index is 1.66. The molecule has 1 heterocycles. The van der Waals surface area contributed by atoms with E-state index >= 15 is 0 Å². The lowest BCUT2D eigenvalue weighted by atomic mass is 9.53. The summed E-state index contributed by atoms with van der Waals surface area (Å²) in [4.78, 5) is 4.38. The fourth-order valence-electron chi connectivity index (χ4n) is 5.27. The van der Waals surface area contributed by atoms with E-state index in [9.17, 15) is 5.11 Å². The van der Waals surface area contributed by atoms with Crippen LogP contribution in [0.2, 0.25) is 0 Å². The Morgan fingerprint density at radius 2 is 1.84 bits per heavy atom. The highest BCUT2D eigenvalue weighted by atomic mass is 16.3. The van der Waals surface area contributed by atoms with Gasteiger partial charge >= 0.3 is 0 Å². The summed E-state index contributed by atoms with van der Waals surface area (Å²) in [5.74, 6) is 2.78. The maximum atomic E-state index is 9.82. The molecule has 0 saturated heterocycles. The second-order valence-corrected chi connectivity index (χ2v) is 7.10. The average Bonchev–Trinajstić information content (AvgIpc) is 2.86. The van der Waals surface area contributed by atoms with Crippen molar-refractivity contribution >= 4 is 0 Å². The summed E-state index contributed by atoms with van der Waals surface area (Å²) in [5, 5.41) is 9.82. The van der Waals surface area contributed by atoms with E-state index in [4.69, 9.17) is 5.73 Å². The number of aromatic nitrogens is 2. The van der Waals surface area contributed by atoms with Crippen LogP contribution in [0.15, 0.2) is 12.5 Å². The standard InChI is InChI=1S/C15H23N3O/c16-7-14(19)13-8-18(9-17-13)15-4-10-1-11(5-15)3-12(2-10)6-15/h8-12,14,19H,1-7,16H2. The second-order valence-electron chi connectivity index (χ2n) is 7.10. The summed E-state index contributed by atoms with van der Waals surface area (Å²) in [6, 6.07) is 0. The Morgan fingerprint density at radius 3 is 2.37 bits per heavy atom. The summed E-state index contributed by atoms with van der Waals surface area (Å²) < 4.78 is 2.31. The van der Waals surface area contributed by atoms with Crippen LogP contribution in [0.5, 0.6) is 0 Å². The van der Waals surface area contributed by atoms with Crippen molar-refractivity contribution in [1.29, 1.82) is 0 Å². The Hall–Kier alpha value is -0.870. The van der Waals surface area contributed by atoms with Crippen molar-refractivity contribution in [2.75, 3.05) is 6.54 Å². The lowest BCUT2D eigenvalue weighted by Gasteiger charge is -2.57. The van der Waals surface area contributed by atoms with Gasteiger partial charge in [0.25, 0.3) is 0 Å². The van der Waals surface area contributed by atoms with E-state index in [0.29, 0.717) is 5.54 Å². The Labute approximate surface area is 114 Å². The first-order valence-electron chi connectivity index (χ1n) is 7.61. The minimum atomic E-state index is -0.616. The van der Waals surface area contributed by atoms with Crippen molar-refractivity contribution in [3.05, 3.63) is 18.2 Å². The molecule has 4 saturated carbocycles. The first-order valence-corrected chi connectivity index (χ1v) is 7.61. The molecule has 0 radical (unpaired) electrons. The van der Waals surface area contributed by atoms with E-state index in [1.165, 1.54) is 38.5 Å². The maximum Gasteiger partial charge on any atom is 0.110 e. The molecule has 3 N–H and O–H groups in total. The van der Waals surface area contributed by atoms with Crippen molar-refractivity contribution in [2.45, 2.75) is 50.2 Å². The zero-order chi connectivity index (χ0) is 13.0. The second kappa shape index (κ2) is 4.06. The lowest BCUT2D eigenvalue weighted by molar-refractivity contribution is -0.0432. The number of aliphatic hydroxyl groups excluding tert-OH is 1. The van der Waals surface area contributed by atoms with Gasteiger partial charge in [-0.25, -0.2) is 4.98 Å². The number of aliphatic hydroxyl groups is 1. The molecule has 0 aromatic carbocycles. The molecule has 1 atom stereocenters. The van der Waals surface area contributed by atoms with Crippen LogP contribution in [-0.4, -0.2) is 21.2 Å². The number of hydrogen-bond donors (Lipinski definition) is 2. The third kappa shape index (κ3) is 1.77. The molecule has 5 rings (SSSR count). The quantitative estimate of drug-likeness (QED) is 0.872. The molecule has 104 valence electrons. The molecule has 0 amide bonds. The summed E-state index contributed by atoms with van der Waals surface area (Å²) in [6.07, 6.45) is 11.7. The van der Waals surface area contributed by atoms with Gasteiger partial charge < -0.3 is 15.4 Å². The van der Waals surface area contributed by atoms with Crippen molar-refractivity contribution < 1.29 is 5.11 Å². The van der Waals surface area contributed by atoms with Crippen LogP contribution in [0.4, 0.5) is 0 Å². The highest BCUT2D eigenvalue weighted by Gasteiger charge is 2.51. The number of imidazole rings is 1. The summed E-state index contributed by atoms with van der Waals surface area (Å²) in [7, 11) is 0. The Morgan fingerprint density at radius 1 is 1.26 bits per heavy atom. The Bertz CT molecular complexity index is 446. The fraction of sp³-hybridized carbons (Fsp3) is 0.800. The van der Waals surface area contributed by atoms with Crippen molar-refractivity contribution in [2.24, 2.45) is 23.5 Å². The first-order chi connectivity index (χ1) is 9.18. The predicted molar refractivity (Wildman–Crippen MR) is 72.4 cm³/mol. The van der Waals surface area contributed by atoms with Gasteiger partial charge in [0, 0.05) is 18.3 Å². The zero-order valence-corrected chi connectivity index (χ0v) is 11.3. The zero-order valence-electron chi connectivity index (χ0n) is 11.3. The molecule has 4 aliphatic carbocycles. The van der Waals surface area contributed by atoms with E-state index in [0.717, 1.165) is 23.4 Å². The summed E-state index contributed by atoms with van der Waals surface area (Å²) in [6.45, 7) is 0.248. The van der Waals surface area contributed by atoms with E-state index in [1.54, 1.807) is 0 Å². The molecule has 4 aliphatic rings. The SMILES string of the molecule is NCC(O)c1cn(C23CC4CC(CC(C4)C2)C3)cn1. The van der Waals surface area contributed by atoms with E-state index in [-0.39, 0.29) is 6.54 Å². The molecule has 1 aromatic rings. The van der Waals surface area contributed by atoms with E-state index < -0.39 is 6.10 Å². The molecule has 4 bridgehead atoms. The molecule has 4 heteroatoms. The third-order valence-corrected chi connectivity index (χ3v) is 5.72. The number of nitrogens with zero attached hydrogens (tertiary/aromatic N) is 2. The van der Waals surface area contributed by atoms with Crippen LogP contribution in [0, 0.1) is 17.8 Å². The molecule has 4 nitrogen and oxygen atoms in total. The molecule has 4 fully saturated rings. The maximum absolute atomic E-state index is 9.82. The van der Waals surface area contributed by atoms with Gasteiger partial charge in [-0.15, -0.1) is 0 Å². The van der Waals surface area contributed by atoms with Gasteiger partial charge in [-0.2, -0.15) is 0 Å². The lowest BCUT2D eigenvalue weighted by Crippen LogP contribution is -2.51. The van der Waals surface area contributed by atoms with Gasteiger partial charge in [0.2, 0.25) is 0 Å². The van der Waals surface area contributed by atoms with Crippen molar-refractivity contribution in [1.82, 2.24) is 9.55 Å². The van der Waals surface area contributed by atoms with Crippen molar-refractivity contribution in [3.8, 4) is 0 Å². The van der Waals surface area contributed by atoms with E-state index in [2.05, 4.69) is 9.55 Å². The van der Waals surface area contributed by atoms with E-state index in [1.807, 2.05) is 12.5 Å². The number of hydrogen-bond acceptors (Lipinski definition) is 3. The highest BCUT2D eigenvalue weighted by molar-refractivity contribution is 5.10. The molecule has 0 aliphatic heterocycles.